The summed E-state index contributed by atoms with van der Waals surface area (Å²) in [7, 11) is -0.192. The molecule has 1 aromatic heterocycles. The highest BCUT2D eigenvalue weighted by atomic mass is 33.1. The summed E-state index contributed by atoms with van der Waals surface area (Å²) in [6.07, 6.45) is 3.49. The standard InChI is InChI=1S/C9H8N2OS3/c12-15(11-14-13)9-2-1-7-3-4-10-6-8(7)5-9/h1-6,11,13H. The first-order chi connectivity index (χ1) is 7.31. The molecule has 6 heteroatoms. The van der Waals surface area contributed by atoms with Crippen LogP contribution in [0.5, 0.6) is 0 Å². The number of hydrogen-bond acceptors (Lipinski definition) is 4. The zero-order valence-electron chi connectivity index (χ0n) is 7.58. The summed E-state index contributed by atoms with van der Waals surface area (Å²) >= 11 is 3.88. The Labute approximate surface area is 99.2 Å². The Morgan fingerprint density at radius 1 is 1.33 bits per heavy atom. The van der Waals surface area contributed by atoms with Crippen LogP contribution in [0, 0.1) is 0 Å². The van der Waals surface area contributed by atoms with Crippen molar-refractivity contribution in [3.63, 3.8) is 0 Å². The second kappa shape index (κ2) is 4.98. The van der Waals surface area contributed by atoms with E-state index in [1.54, 1.807) is 12.4 Å². The van der Waals surface area contributed by atoms with Gasteiger partial charge in [0.2, 0.25) is 0 Å². The van der Waals surface area contributed by atoms with Crippen LogP contribution in [0.25, 0.3) is 10.8 Å². The number of aromatic nitrogens is 1. The molecule has 1 N–H and O–H groups in total. The third kappa shape index (κ3) is 2.52. The summed E-state index contributed by atoms with van der Waals surface area (Å²) in [6, 6.07) is 7.53. The fourth-order valence-electron chi connectivity index (χ4n) is 1.26. The van der Waals surface area contributed by atoms with Crippen LogP contribution in [0.2, 0.25) is 0 Å². The lowest BCUT2D eigenvalue weighted by Crippen LogP contribution is -2.06. The highest BCUT2D eigenvalue weighted by Crippen LogP contribution is 2.17. The van der Waals surface area contributed by atoms with Gasteiger partial charge in [-0.15, -0.1) is 0 Å². The van der Waals surface area contributed by atoms with E-state index in [9.17, 15) is 4.21 Å². The molecule has 1 atom stereocenters. The zero-order valence-corrected chi connectivity index (χ0v) is 10.1. The van der Waals surface area contributed by atoms with E-state index in [0.717, 1.165) is 26.6 Å². The first-order valence-corrected chi connectivity index (χ1v) is 7.15. The number of fused-ring (bicyclic) bond motifs is 1. The fraction of sp³-hybridized carbons (Fsp3) is 0. The SMILES string of the molecule is O=S(NSS)c1ccc2ccncc2c1. The molecule has 0 fully saturated rings. The maximum absolute atomic E-state index is 11.6. The Balaban J connectivity index is 2.42. The first kappa shape index (κ1) is 10.9. The molecule has 3 nitrogen and oxygen atoms in total. The molecule has 0 aliphatic carbocycles. The van der Waals surface area contributed by atoms with E-state index >= 15 is 0 Å². The van der Waals surface area contributed by atoms with E-state index in [-0.39, 0.29) is 0 Å². The van der Waals surface area contributed by atoms with Crippen LogP contribution in [0.15, 0.2) is 41.6 Å². The van der Waals surface area contributed by atoms with Crippen LogP contribution in [0.1, 0.15) is 0 Å². The van der Waals surface area contributed by atoms with Gasteiger partial charge in [-0.3, -0.25) is 4.98 Å². The smallest absolute Gasteiger partial charge is 0.135 e. The Bertz CT molecular complexity index is 503. The van der Waals surface area contributed by atoms with Crippen molar-refractivity contribution in [1.82, 2.24) is 9.11 Å². The van der Waals surface area contributed by atoms with Crippen LogP contribution in [-0.2, 0) is 11.0 Å². The topological polar surface area (TPSA) is 42.0 Å². The molecule has 1 heterocycles. The highest BCUT2D eigenvalue weighted by molar-refractivity contribution is 8.69. The van der Waals surface area contributed by atoms with Crippen molar-refractivity contribution >= 4 is 44.4 Å². The quantitative estimate of drug-likeness (QED) is 0.503. The van der Waals surface area contributed by atoms with Gasteiger partial charge >= 0.3 is 0 Å². The average molecular weight is 256 g/mol. The summed E-state index contributed by atoms with van der Waals surface area (Å²) in [5.74, 6) is 0. The van der Waals surface area contributed by atoms with Gasteiger partial charge in [0.25, 0.3) is 0 Å². The van der Waals surface area contributed by atoms with Gasteiger partial charge in [0.15, 0.2) is 0 Å². The molecule has 2 aromatic rings. The van der Waals surface area contributed by atoms with Crippen LogP contribution >= 0.6 is 22.6 Å². The Kier molecular flexibility index (Phi) is 3.63. The molecule has 1 unspecified atom stereocenters. The molecule has 78 valence electrons. The average Bonchev–Trinajstić information content (AvgIpc) is 2.29. The lowest BCUT2D eigenvalue weighted by Gasteiger charge is -2.02. The van der Waals surface area contributed by atoms with Crippen LogP contribution in [0.4, 0.5) is 0 Å². The van der Waals surface area contributed by atoms with E-state index in [4.69, 9.17) is 0 Å². The molecular weight excluding hydrogens is 248 g/mol. The van der Waals surface area contributed by atoms with Crippen molar-refractivity contribution in [2.45, 2.75) is 4.90 Å². The summed E-state index contributed by atoms with van der Waals surface area (Å²) in [5, 5.41) is 2.07. The Morgan fingerprint density at radius 3 is 3.00 bits per heavy atom. The van der Waals surface area contributed by atoms with Gasteiger partial charge in [0.05, 0.1) is 4.90 Å². The molecule has 0 saturated heterocycles. The Hall–Kier alpha value is -0.560. The van der Waals surface area contributed by atoms with Gasteiger partial charge in [-0.1, -0.05) is 17.7 Å². The predicted molar refractivity (Wildman–Crippen MR) is 67.9 cm³/mol. The molecular formula is C9H8N2OS3. The minimum Gasteiger partial charge on any atom is -0.264 e. The second-order valence-corrected chi connectivity index (χ2v) is 5.23. The van der Waals surface area contributed by atoms with Gasteiger partial charge in [0.1, 0.15) is 11.0 Å². The number of rotatable bonds is 3. The third-order valence-corrected chi connectivity index (χ3v) is 4.20. The van der Waals surface area contributed by atoms with Crippen molar-refractivity contribution < 1.29 is 4.21 Å². The molecule has 0 spiro atoms. The van der Waals surface area contributed by atoms with E-state index in [0.29, 0.717) is 0 Å². The van der Waals surface area contributed by atoms with Gasteiger partial charge in [-0.05, 0) is 34.6 Å². The minimum absolute atomic E-state index is 0.719. The van der Waals surface area contributed by atoms with Crippen molar-refractivity contribution in [2.75, 3.05) is 0 Å². The van der Waals surface area contributed by atoms with E-state index in [1.165, 1.54) is 0 Å². The van der Waals surface area contributed by atoms with Crippen LogP contribution in [-0.4, -0.2) is 9.19 Å². The summed E-state index contributed by atoms with van der Waals surface area (Å²) < 4.78 is 14.3. The molecule has 0 aliphatic heterocycles. The number of pyridine rings is 1. The Morgan fingerprint density at radius 2 is 2.20 bits per heavy atom. The van der Waals surface area contributed by atoms with Gasteiger partial charge < -0.3 is 0 Å². The molecule has 1 aromatic carbocycles. The maximum Gasteiger partial charge on any atom is 0.135 e. The van der Waals surface area contributed by atoms with Crippen molar-refractivity contribution in [1.29, 1.82) is 0 Å². The molecule has 0 radical (unpaired) electrons. The number of benzene rings is 1. The van der Waals surface area contributed by atoms with E-state index < -0.39 is 11.0 Å². The van der Waals surface area contributed by atoms with Crippen molar-refractivity contribution in [3.05, 3.63) is 36.7 Å². The molecule has 0 saturated carbocycles. The zero-order chi connectivity index (χ0) is 10.7. The second-order valence-electron chi connectivity index (χ2n) is 2.83. The highest BCUT2D eigenvalue weighted by Gasteiger charge is 2.03. The lowest BCUT2D eigenvalue weighted by molar-refractivity contribution is 0.682. The third-order valence-electron chi connectivity index (χ3n) is 1.94. The van der Waals surface area contributed by atoms with E-state index in [2.05, 4.69) is 20.8 Å². The van der Waals surface area contributed by atoms with Gasteiger partial charge in [0, 0.05) is 17.8 Å². The summed E-state index contributed by atoms with van der Waals surface area (Å²) in [5.41, 5.74) is 0. The molecule has 0 aliphatic rings. The number of nitrogens with zero attached hydrogens (tertiary/aromatic N) is 1. The fourth-order valence-corrected chi connectivity index (χ4v) is 2.95. The number of thiol groups is 1. The molecule has 0 amide bonds. The van der Waals surface area contributed by atoms with E-state index in [1.807, 2.05) is 24.3 Å². The minimum atomic E-state index is -1.23. The normalized spacial score (nSPS) is 12.9. The largest absolute Gasteiger partial charge is 0.264 e. The molecule has 0 bridgehead atoms. The molecule has 15 heavy (non-hydrogen) atoms. The van der Waals surface area contributed by atoms with Crippen LogP contribution in [0.3, 0.4) is 0 Å². The first-order valence-electron chi connectivity index (χ1n) is 4.13. The van der Waals surface area contributed by atoms with Gasteiger partial charge in [-0.2, -0.15) is 4.13 Å². The molecule has 2 rings (SSSR count). The predicted octanol–water partition coefficient (Wildman–Crippen LogP) is 2.34. The monoisotopic (exact) mass is 256 g/mol. The number of nitrogens with one attached hydrogen (secondary N) is 1. The van der Waals surface area contributed by atoms with Gasteiger partial charge in [-0.25, -0.2) is 4.21 Å². The maximum atomic E-state index is 11.6. The van der Waals surface area contributed by atoms with Crippen molar-refractivity contribution in [3.8, 4) is 0 Å². The number of hydrogen-bond donors (Lipinski definition) is 2. The summed E-state index contributed by atoms with van der Waals surface area (Å²) in [4.78, 5) is 4.74. The summed E-state index contributed by atoms with van der Waals surface area (Å²) in [6.45, 7) is 0. The van der Waals surface area contributed by atoms with Crippen LogP contribution < -0.4 is 4.13 Å². The lowest BCUT2D eigenvalue weighted by atomic mass is 10.2. The van der Waals surface area contributed by atoms with Crippen molar-refractivity contribution in [2.24, 2.45) is 0 Å².